The van der Waals surface area contributed by atoms with E-state index in [1.54, 1.807) is 0 Å². The SMILES string of the molecule is CC1=CC(C)([Si](c2ccccc2)(c2cc(C)cc(C)c2)c2ccc(C)cc2C)C(C)=C1C. The molecule has 0 amide bonds. The van der Waals surface area contributed by atoms with Crippen LogP contribution in [0.25, 0.3) is 0 Å². The molecule has 32 heavy (non-hydrogen) atoms. The molecule has 3 aromatic rings. The van der Waals surface area contributed by atoms with Gasteiger partial charge in [-0.05, 0) is 69.6 Å². The van der Waals surface area contributed by atoms with Crippen molar-refractivity contribution in [3.05, 3.63) is 112 Å². The van der Waals surface area contributed by atoms with Crippen LogP contribution < -0.4 is 15.6 Å². The normalized spacial score (nSPS) is 20.3. The summed E-state index contributed by atoms with van der Waals surface area (Å²) in [6.07, 6.45) is 2.59. The maximum atomic E-state index is 2.59. The maximum absolute atomic E-state index is 2.59. The van der Waals surface area contributed by atoms with Crippen molar-refractivity contribution in [1.82, 2.24) is 0 Å². The summed E-state index contributed by atoms with van der Waals surface area (Å²) in [7, 11) is -2.53. The predicted molar refractivity (Wildman–Crippen MR) is 143 cm³/mol. The number of rotatable bonds is 4. The van der Waals surface area contributed by atoms with Crippen LogP contribution in [0.2, 0.25) is 5.04 Å². The van der Waals surface area contributed by atoms with E-state index in [1.165, 1.54) is 54.5 Å². The Morgan fingerprint density at radius 1 is 0.625 bits per heavy atom. The van der Waals surface area contributed by atoms with E-state index < -0.39 is 8.07 Å². The molecule has 4 rings (SSSR count). The van der Waals surface area contributed by atoms with Crippen LogP contribution in [0.5, 0.6) is 0 Å². The zero-order valence-electron chi connectivity index (χ0n) is 20.9. The fourth-order valence-electron chi connectivity index (χ4n) is 6.20. The first-order chi connectivity index (χ1) is 15.1. The Kier molecular flexibility index (Phi) is 5.67. The second-order valence-corrected chi connectivity index (χ2v) is 14.3. The Bertz CT molecular complexity index is 1220. The Balaban J connectivity index is 2.26. The molecule has 0 aliphatic heterocycles. The first-order valence-corrected chi connectivity index (χ1v) is 13.7. The predicted octanol–water partition coefficient (Wildman–Crippen LogP) is 6.45. The minimum atomic E-state index is -2.53. The second kappa shape index (κ2) is 8.05. The van der Waals surface area contributed by atoms with Gasteiger partial charge < -0.3 is 0 Å². The van der Waals surface area contributed by atoms with Crippen molar-refractivity contribution in [2.45, 2.75) is 60.4 Å². The number of hydrogen-bond donors (Lipinski definition) is 0. The highest BCUT2D eigenvalue weighted by atomic mass is 28.3. The summed E-state index contributed by atoms with van der Waals surface area (Å²) in [4.78, 5) is 0. The summed E-state index contributed by atoms with van der Waals surface area (Å²) in [5.41, 5.74) is 9.82. The van der Waals surface area contributed by atoms with E-state index in [2.05, 4.69) is 128 Å². The molecule has 0 bridgehead atoms. The van der Waals surface area contributed by atoms with E-state index in [1.807, 2.05) is 0 Å². The highest BCUT2D eigenvalue weighted by molar-refractivity contribution is 7.14. The van der Waals surface area contributed by atoms with E-state index in [-0.39, 0.29) is 5.04 Å². The molecule has 3 aromatic carbocycles. The van der Waals surface area contributed by atoms with Gasteiger partial charge in [-0.2, -0.15) is 0 Å². The molecule has 1 aliphatic carbocycles. The molecule has 0 aromatic heterocycles. The van der Waals surface area contributed by atoms with E-state index in [0.29, 0.717) is 0 Å². The monoisotopic (exact) mass is 436 g/mol. The lowest BCUT2D eigenvalue weighted by molar-refractivity contribution is 0.869. The van der Waals surface area contributed by atoms with Gasteiger partial charge in [0.25, 0.3) is 0 Å². The van der Waals surface area contributed by atoms with Crippen LogP contribution in [-0.4, -0.2) is 8.07 Å². The molecular weight excluding hydrogens is 400 g/mol. The van der Waals surface area contributed by atoms with Crippen molar-refractivity contribution in [3.8, 4) is 0 Å². The lowest BCUT2D eigenvalue weighted by Gasteiger charge is -2.48. The molecule has 1 aliphatic rings. The quantitative estimate of drug-likeness (QED) is 0.326. The molecule has 0 heterocycles. The highest BCUT2D eigenvalue weighted by Gasteiger charge is 2.56. The smallest absolute Gasteiger partial charge is 0.0730 e. The molecule has 0 saturated carbocycles. The van der Waals surface area contributed by atoms with E-state index in [9.17, 15) is 0 Å². The minimum absolute atomic E-state index is 0.0528. The zero-order valence-corrected chi connectivity index (χ0v) is 21.9. The molecule has 0 radical (unpaired) electrons. The standard InChI is InChI=1S/C31H36Si/c1-21-14-15-30(24(4)17-21)32(28-12-10-9-11-13-28,29-18-22(2)16-23(3)19-29)31(8)20-25(5)26(6)27(31)7/h9-20H,1-8H3. The number of benzene rings is 3. The largest absolute Gasteiger partial charge is 0.162 e. The average molecular weight is 437 g/mol. The molecule has 2 atom stereocenters. The molecule has 0 spiro atoms. The van der Waals surface area contributed by atoms with Crippen LogP contribution in [0.3, 0.4) is 0 Å². The summed E-state index contributed by atoms with van der Waals surface area (Å²) in [5, 5.41) is 4.47. The van der Waals surface area contributed by atoms with Gasteiger partial charge in [0.2, 0.25) is 0 Å². The van der Waals surface area contributed by atoms with E-state index in [0.717, 1.165) is 0 Å². The van der Waals surface area contributed by atoms with Gasteiger partial charge in [0.1, 0.15) is 0 Å². The fraction of sp³-hybridized carbons (Fsp3) is 0.290. The summed E-state index contributed by atoms with van der Waals surface area (Å²) in [6, 6.07) is 25.8. The van der Waals surface area contributed by atoms with Crippen molar-refractivity contribution < 1.29 is 0 Å². The van der Waals surface area contributed by atoms with Gasteiger partial charge in [-0.25, -0.2) is 0 Å². The van der Waals surface area contributed by atoms with E-state index in [4.69, 9.17) is 0 Å². The van der Waals surface area contributed by atoms with Gasteiger partial charge in [-0.3, -0.25) is 0 Å². The van der Waals surface area contributed by atoms with Gasteiger partial charge in [0.05, 0.1) is 0 Å². The number of aryl methyl sites for hydroxylation is 4. The van der Waals surface area contributed by atoms with Gasteiger partial charge in [-0.1, -0.05) is 113 Å². The first kappa shape index (κ1) is 22.5. The maximum Gasteiger partial charge on any atom is 0.162 e. The molecule has 0 N–H and O–H groups in total. The van der Waals surface area contributed by atoms with Crippen molar-refractivity contribution in [1.29, 1.82) is 0 Å². The Labute approximate surface area is 195 Å². The van der Waals surface area contributed by atoms with Crippen molar-refractivity contribution in [2.75, 3.05) is 0 Å². The molecule has 0 fully saturated rings. The Morgan fingerprint density at radius 2 is 1.25 bits per heavy atom. The summed E-state index contributed by atoms with van der Waals surface area (Å²) in [6.45, 7) is 18.5. The summed E-state index contributed by atoms with van der Waals surface area (Å²) in [5.74, 6) is 0. The van der Waals surface area contributed by atoms with Crippen LogP contribution >= 0.6 is 0 Å². The molecule has 164 valence electrons. The Morgan fingerprint density at radius 3 is 1.78 bits per heavy atom. The van der Waals surface area contributed by atoms with Crippen molar-refractivity contribution in [3.63, 3.8) is 0 Å². The van der Waals surface area contributed by atoms with Crippen LogP contribution in [0, 0.1) is 27.7 Å². The number of allylic oxidation sites excluding steroid dienone is 4. The molecule has 1 heteroatoms. The molecule has 0 nitrogen and oxygen atoms in total. The summed E-state index contributed by atoms with van der Waals surface area (Å²) >= 11 is 0. The third-order valence-electron chi connectivity index (χ3n) is 7.86. The van der Waals surface area contributed by atoms with Crippen molar-refractivity contribution in [2.24, 2.45) is 0 Å². The third-order valence-corrected chi connectivity index (χ3v) is 13.7. The lowest BCUT2D eigenvalue weighted by atomic mass is 10.0. The van der Waals surface area contributed by atoms with Gasteiger partial charge in [0, 0.05) is 5.04 Å². The van der Waals surface area contributed by atoms with Gasteiger partial charge in [0.15, 0.2) is 8.07 Å². The van der Waals surface area contributed by atoms with Gasteiger partial charge in [-0.15, -0.1) is 0 Å². The summed E-state index contributed by atoms with van der Waals surface area (Å²) < 4.78 is 0. The molecule has 2 unspecified atom stereocenters. The molecular formula is C31H36Si. The topological polar surface area (TPSA) is 0 Å². The average Bonchev–Trinajstić information content (AvgIpc) is 2.93. The van der Waals surface area contributed by atoms with Crippen molar-refractivity contribution >= 4 is 23.6 Å². The lowest BCUT2D eigenvalue weighted by Crippen LogP contribution is -2.73. The Hall–Kier alpha value is -2.64. The third kappa shape index (κ3) is 3.26. The van der Waals surface area contributed by atoms with Crippen LogP contribution in [0.4, 0.5) is 0 Å². The van der Waals surface area contributed by atoms with Crippen LogP contribution in [-0.2, 0) is 0 Å². The van der Waals surface area contributed by atoms with Gasteiger partial charge >= 0.3 is 0 Å². The fourth-order valence-corrected chi connectivity index (χ4v) is 12.7. The number of hydrogen-bond acceptors (Lipinski definition) is 0. The highest BCUT2D eigenvalue weighted by Crippen LogP contribution is 2.53. The minimum Gasteiger partial charge on any atom is -0.0730 e. The molecule has 0 saturated heterocycles. The van der Waals surface area contributed by atoms with Crippen LogP contribution in [0.1, 0.15) is 49.9 Å². The van der Waals surface area contributed by atoms with Crippen LogP contribution in [0.15, 0.2) is 89.5 Å². The van der Waals surface area contributed by atoms with E-state index >= 15 is 0 Å². The second-order valence-electron chi connectivity index (χ2n) is 10.1. The zero-order chi connectivity index (χ0) is 23.3. The first-order valence-electron chi connectivity index (χ1n) is 11.7.